The minimum Gasteiger partial charge on any atom is -0.442 e. The fraction of sp³-hybridized carbons (Fsp3) is 0.364. The van der Waals surface area contributed by atoms with Crippen molar-refractivity contribution in [3.63, 3.8) is 0 Å². The quantitative estimate of drug-likeness (QED) is 0.657. The van der Waals surface area contributed by atoms with Crippen molar-refractivity contribution < 1.29 is 23.5 Å². The van der Waals surface area contributed by atoms with E-state index in [1.165, 1.54) is 17.2 Å². The molecule has 4 rings (SSSR count). The van der Waals surface area contributed by atoms with Crippen LogP contribution in [0.3, 0.4) is 0 Å². The maximum absolute atomic E-state index is 15.0. The van der Waals surface area contributed by atoms with Crippen molar-refractivity contribution in [2.75, 3.05) is 61.1 Å². The Kier molecular flexibility index (Phi) is 7.06. The number of cyclic esters (lactones) is 1. The molecular formula is C22H25FN6O4S. The van der Waals surface area contributed by atoms with Gasteiger partial charge < -0.3 is 25.6 Å². The Morgan fingerprint density at radius 1 is 1.26 bits per heavy atom. The van der Waals surface area contributed by atoms with Gasteiger partial charge in [-0.3, -0.25) is 14.5 Å². The van der Waals surface area contributed by atoms with E-state index >= 15 is 4.39 Å². The number of benzene rings is 1. The van der Waals surface area contributed by atoms with Gasteiger partial charge in [-0.1, -0.05) is 11.8 Å². The largest absolute Gasteiger partial charge is 0.442 e. The van der Waals surface area contributed by atoms with Crippen molar-refractivity contribution in [3.8, 4) is 0 Å². The minimum absolute atomic E-state index is 0.186. The van der Waals surface area contributed by atoms with Crippen molar-refractivity contribution in [1.82, 2.24) is 15.2 Å². The van der Waals surface area contributed by atoms with Crippen LogP contribution in [0.1, 0.15) is 10.4 Å². The van der Waals surface area contributed by atoms with Gasteiger partial charge in [-0.25, -0.2) is 14.2 Å². The zero-order valence-corrected chi connectivity index (χ0v) is 19.4. The molecule has 2 aromatic rings. The molecule has 0 unspecified atom stereocenters. The number of hydrogen-bond donors (Lipinski definition) is 2. The number of thioether (sulfide) groups is 1. The predicted octanol–water partition coefficient (Wildman–Crippen LogP) is 2.16. The van der Waals surface area contributed by atoms with Gasteiger partial charge in [0.1, 0.15) is 17.7 Å². The Morgan fingerprint density at radius 2 is 2.03 bits per heavy atom. The molecule has 1 aromatic carbocycles. The smallest absolute Gasteiger partial charge is 0.414 e. The molecular weight excluding hydrogens is 463 g/mol. The molecule has 2 aliphatic rings. The Labute approximate surface area is 200 Å². The van der Waals surface area contributed by atoms with Crippen LogP contribution in [0, 0.1) is 5.82 Å². The summed E-state index contributed by atoms with van der Waals surface area (Å²) in [6.45, 7) is 2.13. The number of carbonyl (C=O) groups excluding carboxylic acids is 3. The summed E-state index contributed by atoms with van der Waals surface area (Å²) in [6, 6.07) is 7.89. The molecule has 2 fully saturated rings. The minimum atomic E-state index is -0.586. The van der Waals surface area contributed by atoms with Gasteiger partial charge in [0.2, 0.25) is 0 Å². The van der Waals surface area contributed by atoms with Gasteiger partial charge in [0.15, 0.2) is 0 Å². The first-order valence-electron chi connectivity index (χ1n) is 10.7. The monoisotopic (exact) mass is 488 g/mol. The molecule has 1 aromatic heterocycles. The topological polar surface area (TPSA) is 121 Å². The number of aromatic nitrogens is 1. The first kappa shape index (κ1) is 23.6. The van der Waals surface area contributed by atoms with E-state index in [0.29, 0.717) is 43.1 Å². The molecule has 0 bridgehead atoms. The van der Waals surface area contributed by atoms with Gasteiger partial charge in [-0.2, -0.15) is 0 Å². The van der Waals surface area contributed by atoms with Gasteiger partial charge in [0.25, 0.3) is 11.1 Å². The van der Waals surface area contributed by atoms with Crippen molar-refractivity contribution >= 4 is 46.2 Å². The standard InChI is InChI=1S/C22H25FN6O4S/c1-34-21(31)26-12-15-13-29(22(32)33-15)14-4-5-18(17(23)11-14)27-7-9-28(10-8-27)20(30)16-3-2-6-25-19(16)24/h2-6,11,15H,7-10,12-13H2,1H3,(H2,24,25)(H,26,31)/t15-/m0/s1. The van der Waals surface area contributed by atoms with Crippen molar-refractivity contribution in [1.29, 1.82) is 0 Å². The second-order valence-corrected chi connectivity index (χ2v) is 8.62. The highest BCUT2D eigenvalue weighted by Gasteiger charge is 2.33. The van der Waals surface area contributed by atoms with E-state index in [1.54, 1.807) is 35.4 Å². The Bertz CT molecular complexity index is 1090. The average Bonchev–Trinajstić information content (AvgIpc) is 3.23. The summed E-state index contributed by atoms with van der Waals surface area (Å²) in [7, 11) is 0. The molecule has 1 atom stereocenters. The molecule has 2 aliphatic heterocycles. The van der Waals surface area contributed by atoms with Crippen molar-refractivity contribution in [2.24, 2.45) is 0 Å². The van der Waals surface area contributed by atoms with E-state index in [9.17, 15) is 14.4 Å². The first-order valence-corrected chi connectivity index (χ1v) is 11.9. The highest BCUT2D eigenvalue weighted by Crippen LogP contribution is 2.29. The van der Waals surface area contributed by atoms with Gasteiger partial charge >= 0.3 is 6.09 Å². The number of halogens is 1. The summed E-state index contributed by atoms with van der Waals surface area (Å²) < 4.78 is 20.3. The molecule has 0 radical (unpaired) electrons. The number of carbonyl (C=O) groups is 3. The number of nitrogen functional groups attached to an aromatic ring is 1. The Hall–Kier alpha value is -3.54. The van der Waals surface area contributed by atoms with E-state index in [0.717, 1.165) is 11.8 Å². The first-order chi connectivity index (χ1) is 16.4. The zero-order chi connectivity index (χ0) is 24.2. The second kappa shape index (κ2) is 10.2. The number of ether oxygens (including phenoxy) is 1. The molecule has 34 heavy (non-hydrogen) atoms. The van der Waals surface area contributed by atoms with Crippen LogP contribution in [-0.2, 0) is 4.74 Å². The summed E-state index contributed by atoms with van der Waals surface area (Å²) in [6.07, 6.45) is 2.09. The summed E-state index contributed by atoms with van der Waals surface area (Å²) in [4.78, 5) is 45.2. The van der Waals surface area contributed by atoms with Crippen molar-refractivity contribution in [2.45, 2.75) is 6.10 Å². The summed E-state index contributed by atoms with van der Waals surface area (Å²) in [5, 5.41) is 2.44. The molecule has 10 nitrogen and oxygen atoms in total. The van der Waals surface area contributed by atoms with Crippen LogP contribution < -0.4 is 20.9 Å². The fourth-order valence-corrected chi connectivity index (χ4v) is 4.17. The lowest BCUT2D eigenvalue weighted by Crippen LogP contribution is -2.49. The lowest BCUT2D eigenvalue weighted by Gasteiger charge is -2.36. The van der Waals surface area contributed by atoms with E-state index < -0.39 is 18.0 Å². The van der Waals surface area contributed by atoms with Crippen LogP contribution >= 0.6 is 11.8 Å². The third-order valence-electron chi connectivity index (χ3n) is 5.75. The third kappa shape index (κ3) is 5.01. The number of pyridine rings is 1. The molecule has 0 aliphatic carbocycles. The van der Waals surface area contributed by atoms with Gasteiger partial charge in [0.05, 0.1) is 30.0 Å². The highest BCUT2D eigenvalue weighted by molar-refractivity contribution is 8.12. The fourth-order valence-electron chi connectivity index (χ4n) is 3.95. The van der Waals surface area contributed by atoms with Gasteiger partial charge in [-0.15, -0.1) is 0 Å². The number of piperazine rings is 1. The number of nitrogens with one attached hydrogen (secondary N) is 1. The van der Waals surface area contributed by atoms with Crippen LogP contribution in [0.4, 0.5) is 31.2 Å². The van der Waals surface area contributed by atoms with E-state index in [2.05, 4.69) is 10.3 Å². The molecule has 3 amide bonds. The molecule has 12 heteroatoms. The summed E-state index contributed by atoms with van der Waals surface area (Å²) in [5.74, 6) is -0.483. The number of anilines is 3. The number of amides is 3. The van der Waals surface area contributed by atoms with E-state index in [-0.39, 0.29) is 30.1 Å². The normalized spacial score (nSPS) is 18.1. The molecule has 0 spiro atoms. The second-order valence-electron chi connectivity index (χ2n) is 7.84. The number of hydrogen-bond acceptors (Lipinski definition) is 8. The summed E-state index contributed by atoms with van der Waals surface area (Å²) >= 11 is 1.04. The maximum atomic E-state index is 15.0. The zero-order valence-electron chi connectivity index (χ0n) is 18.6. The third-order valence-corrected chi connectivity index (χ3v) is 6.27. The Balaban J connectivity index is 1.37. The molecule has 2 saturated heterocycles. The Morgan fingerprint density at radius 3 is 2.71 bits per heavy atom. The highest BCUT2D eigenvalue weighted by atomic mass is 32.2. The maximum Gasteiger partial charge on any atom is 0.414 e. The molecule has 3 heterocycles. The lowest BCUT2D eigenvalue weighted by atomic mass is 10.1. The van der Waals surface area contributed by atoms with Crippen LogP contribution in [0.2, 0.25) is 0 Å². The summed E-state index contributed by atoms with van der Waals surface area (Å²) in [5.41, 5.74) is 6.95. The molecule has 0 saturated carbocycles. The van der Waals surface area contributed by atoms with Crippen molar-refractivity contribution in [3.05, 3.63) is 47.9 Å². The SMILES string of the molecule is CSC(=O)NC[C@H]1CN(c2ccc(N3CCN(C(=O)c4cccnc4N)CC3)c(F)c2)C(=O)O1. The van der Waals surface area contributed by atoms with Gasteiger partial charge in [-0.05, 0) is 36.6 Å². The van der Waals surface area contributed by atoms with Crippen LogP contribution in [0.15, 0.2) is 36.5 Å². The molecule has 3 N–H and O–H groups in total. The van der Waals surface area contributed by atoms with Crippen LogP contribution in [0.25, 0.3) is 0 Å². The number of rotatable bonds is 5. The van der Waals surface area contributed by atoms with Crippen LogP contribution in [0.5, 0.6) is 0 Å². The van der Waals surface area contributed by atoms with Crippen LogP contribution in [-0.4, -0.2) is 78.8 Å². The van der Waals surface area contributed by atoms with Gasteiger partial charge in [0, 0.05) is 32.4 Å². The average molecular weight is 489 g/mol. The predicted molar refractivity (Wildman–Crippen MR) is 128 cm³/mol. The van der Waals surface area contributed by atoms with E-state index in [4.69, 9.17) is 10.5 Å². The number of nitrogens with zero attached hydrogens (tertiary/aromatic N) is 4. The lowest BCUT2D eigenvalue weighted by molar-refractivity contribution is 0.0747. The number of nitrogens with two attached hydrogens (primary N) is 1. The van der Waals surface area contributed by atoms with E-state index in [1.807, 2.05) is 4.90 Å². The molecule has 180 valence electrons.